The lowest BCUT2D eigenvalue weighted by Gasteiger charge is -2.40. The van der Waals surface area contributed by atoms with Crippen molar-refractivity contribution in [3.05, 3.63) is 29.3 Å². The standard InChI is InChI=1S/C15H22N2O/c1-11-3-6-15(12(7-11)10-18)17-8-13-4-5-14(9-17)16(13)2/h3,6-7,13-14,18H,4-5,8-10H2,1-2H3. The van der Waals surface area contributed by atoms with E-state index in [1.165, 1.54) is 24.1 Å². The molecule has 2 bridgehead atoms. The van der Waals surface area contributed by atoms with Crippen molar-refractivity contribution in [3.63, 3.8) is 0 Å². The van der Waals surface area contributed by atoms with Crippen LogP contribution in [0.15, 0.2) is 18.2 Å². The molecule has 3 heteroatoms. The van der Waals surface area contributed by atoms with Crippen molar-refractivity contribution < 1.29 is 5.11 Å². The molecular weight excluding hydrogens is 224 g/mol. The van der Waals surface area contributed by atoms with Crippen LogP contribution in [0, 0.1) is 6.92 Å². The van der Waals surface area contributed by atoms with Crippen LogP contribution in [-0.2, 0) is 6.61 Å². The maximum absolute atomic E-state index is 9.54. The van der Waals surface area contributed by atoms with Gasteiger partial charge in [-0.05, 0) is 32.9 Å². The fourth-order valence-corrected chi connectivity index (χ4v) is 3.46. The molecule has 3 rings (SSSR count). The van der Waals surface area contributed by atoms with Gasteiger partial charge in [-0.2, -0.15) is 0 Å². The van der Waals surface area contributed by atoms with Crippen LogP contribution in [0.2, 0.25) is 0 Å². The second-order valence-corrected chi connectivity index (χ2v) is 5.75. The lowest BCUT2D eigenvalue weighted by molar-refractivity contribution is 0.211. The summed E-state index contributed by atoms with van der Waals surface area (Å²) in [6.07, 6.45) is 2.63. The number of hydrogen-bond acceptors (Lipinski definition) is 3. The number of likely N-dealkylation sites (N-methyl/N-ethyl adjacent to an activating group) is 1. The molecule has 1 aromatic carbocycles. The highest BCUT2D eigenvalue weighted by molar-refractivity contribution is 5.55. The lowest BCUT2D eigenvalue weighted by atomic mass is 10.1. The van der Waals surface area contributed by atoms with Crippen LogP contribution >= 0.6 is 0 Å². The molecule has 98 valence electrons. The number of aliphatic hydroxyl groups excluding tert-OH is 1. The normalized spacial score (nSPS) is 27.8. The van der Waals surface area contributed by atoms with Crippen molar-refractivity contribution in [2.75, 3.05) is 25.0 Å². The van der Waals surface area contributed by atoms with Crippen LogP contribution in [0.5, 0.6) is 0 Å². The lowest BCUT2D eigenvalue weighted by Crippen LogP contribution is -2.52. The Hall–Kier alpha value is -1.06. The first-order valence-corrected chi connectivity index (χ1v) is 6.86. The second-order valence-electron chi connectivity index (χ2n) is 5.75. The van der Waals surface area contributed by atoms with Crippen molar-refractivity contribution in [1.82, 2.24) is 4.90 Å². The van der Waals surface area contributed by atoms with E-state index in [9.17, 15) is 5.11 Å². The number of nitrogens with zero attached hydrogens (tertiary/aromatic N) is 2. The van der Waals surface area contributed by atoms with Gasteiger partial charge in [0, 0.05) is 36.4 Å². The highest BCUT2D eigenvalue weighted by Gasteiger charge is 2.37. The van der Waals surface area contributed by atoms with Crippen LogP contribution < -0.4 is 4.90 Å². The molecule has 2 aliphatic rings. The van der Waals surface area contributed by atoms with Crippen molar-refractivity contribution >= 4 is 5.69 Å². The van der Waals surface area contributed by atoms with Gasteiger partial charge in [-0.15, -0.1) is 0 Å². The van der Waals surface area contributed by atoms with Gasteiger partial charge in [0.2, 0.25) is 0 Å². The third kappa shape index (κ3) is 1.91. The average molecular weight is 246 g/mol. The van der Waals surface area contributed by atoms with Gasteiger partial charge in [-0.3, -0.25) is 4.90 Å². The molecular formula is C15H22N2O. The van der Waals surface area contributed by atoms with Crippen molar-refractivity contribution in [2.24, 2.45) is 0 Å². The van der Waals surface area contributed by atoms with E-state index < -0.39 is 0 Å². The molecule has 18 heavy (non-hydrogen) atoms. The van der Waals surface area contributed by atoms with E-state index in [2.05, 4.69) is 42.0 Å². The van der Waals surface area contributed by atoms with Gasteiger partial charge in [0.15, 0.2) is 0 Å². The van der Waals surface area contributed by atoms with Gasteiger partial charge in [0.1, 0.15) is 0 Å². The first kappa shape index (κ1) is 12.0. The Morgan fingerprint density at radius 1 is 1.22 bits per heavy atom. The number of aryl methyl sites for hydroxylation is 1. The predicted octanol–water partition coefficient (Wildman–Crippen LogP) is 1.77. The molecule has 2 saturated heterocycles. The molecule has 1 aromatic rings. The summed E-state index contributed by atoms with van der Waals surface area (Å²) in [4.78, 5) is 5.00. The summed E-state index contributed by atoms with van der Waals surface area (Å²) in [5.41, 5.74) is 3.52. The van der Waals surface area contributed by atoms with E-state index in [4.69, 9.17) is 0 Å². The summed E-state index contributed by atoms with van der Waals surface area (Å²) in [6.45, 7) is 4.42. The maximum atomic E-state index is 9.54. The molecule has 2 aliphatic heterocycles. The molecule has 0 radical (unpaired) electrons. The number of anilines is 1. The predicted molar refractivity (Wildman–Crippen MR) is 73.9 cm³/mol. The van der Waals surface area contributed by atoms with E-state index in [0.717, 1.165) is 18.7 Å². The Morgan fingerprint density at radius 2 is 1.89 bits per heavy atom. The first-order valence-electron chi connectivity index (χ1n) is 6.86. The smallest absolute Gasteiger partial charge is 0.0702 e. The Morgan fingerprint density at radius 3 is 2.50 bits per heavy atom. The van der Waals surface area contributed by atoms with E-state index in [1.54, 1.807) is 0 Å². The minimum absolute atomic E-state index is 0.138. The van der Waals surface area contributed by atoms with E-state index in [-0.39, 0.29) is 6.61 Å². The Kier molecular flexibility index (Phi) is 3.04. The van der Waals surface area contributed by atoms with E-state index >= 15 is 0 Å². The second kappa shape index (κ2) is 4.56. The molecule has 0 aliphatic carbocycles. The number of benzene rings is 1. The van der Waals surface area contributed by atoms with Gasteiger partial charge in [0.25, 0.3) is 0 Å². The quantitative estimate of drug-likeness (QED) is 0.861. The summed E-state index contributed by atoms with van der Waals surface area (Å²) in [7, 11) is 2.25. The van der Waals surface area contributed by atoms with Crippen LogP contribution in [-0.4, -0.2) is 42.2 Å². The molecule has 2 unspecified atom stereocenters. The highest BCUT2D eigenvalue weighted by Crippen LogP contribution is 2.32. The van der Waals surface area contributed by atoms with Crippen LogP contribution in [0.3, 0.4) is 0 Å². The fourth-order valence-electron chi connectivity index (χ4n) is 3.46. The van der Waals surface area contributed by atoms with Gasteiger partial charge < -0.3 is 10.0 Å². The van der Waals surface area contributed by atoms with Crippen molar-refractivity contribution in [3.8, 4) is 0 Å². The Balaban J connectivity index is 1.88. The minimum atomic E-state index is 0.138. The summed E-state index contributed by atoms with van der Waals surface area (Å²) < 4.78 is 0. The maximum Gasteiger partial charge on any atom is 0.0702 e. The topological polar surface area (TPSA) is 26.7 Å². The Bertz CT molecular complexity index is 432. The average Bonchev–Trinajstić information content (AvgIpc) is 2.61. The van der Waals surface area contributed by atoms with Crippen LogP contribution in [0.4, 0.5) is 5.69 Å². The number of aliphatic hydroxyl groups is 1. The molecule has 2 atom stereocenters. The SMILES string of the molecule is Cc1ccc(N2CC3CCC(C2)N3C)c(CO)c1. The van der Waals surface area contributed by atoms with E-state index in [1.807, 2.05) is 0 Å². The molecule has 0 amide bonds. The molecule has 0 saturated carbocycles. The highest BCUT2D eigenvalue weighted by atomic mass is 16.3. The molecule has 0 spiro atoms. The molecule has 2 fully saturated rings. The van der Waals surface area contributed by atoms with Crippen LogP contribution in [0.25, 0.3) is 0 Å². The zero-order chi connectivity index (χ0) is 12.7. The number of piperazine rings is 1. The third-order valence-corrected chi connectivity index (χ3v) is 4.59. The zero-order valence-electron chi connectivity index (χ0n) is 11.3. The van der Waals surface area contributed by atoms with Gasteiger partial charge in [-0.25, -0.2) is 0 Å². The summed E-state index contributed by atoms with van der Waals surface area (Å²) in [5, 5.41) is 9.54. The summed E-state index contributed by atoms with van der Waals surface area (Å²) >= 11 is 0. The van der Waals surface area contributed by atoms with Crippen molar-refractivity contribution in [2.45, 2.75) is 38.5 Å². The van der Waals surface area contributed by atoms with E-state index in [0.29, 0.717) is 12.1 Å². The molecule has 3 nitrogen and oxygen atoms in total. The minimum Gasteiger partial charge on any atom is -0.392 e. The number of fused-ring (bicyclic) bond motifs is 2. The monoisotopic (exact) mass is 246 g/mol. The Labute approximate surface area is 109 Å². The molecule has 1 N–H and O–H groups in total. The third-order valence-electron chi connectivity index (χ3n) is 4.59. The summed E-state index contributed by atoms with van der Waals surface area (Å²) in [5.74, 6) is 0. The van der Waals surface area contributed by atoms with Gasteiger partial charge >= 0.3 is 0 Å². The fraction of sp³-hybridized carbons (Fsp3) is 0.600. The summed E-state index contributed by atoms with van der Waals surface area (Å²) in [6, 6.07) is 7.81. The molecule has 2 heterocycles. The number of hydrogen-bond donors (Lipinski definition) is 1. The largest absolute Gasteiger partial charge is 0.392 e. The molecule has 0 aromatic heterocycles. The van der Waals surface area contributed by atoms with Gasteiger partial charge in [-0.1, -0.05) is 17.7 Å². The first-order chi connectivity index (χ1) is 8.69. The van der Waals surface area contributed by atoms with Crippen LogP contribution in [0.1, 0.15) is 24.0 Å². The van der Waals surface area contributed by atoms with Gasteiger partial charge in [0.05, 0.1) is 6.61 Å². The zero-order valence-corrected chi connectivity index (χ0v) is 11.3. The van der Waals surface area contributed by atoms with Crippen molar-refractivity contribution in [1.29, 1.82) is 0 Å². The number of rotatable bonds is 2.